The van der Waals surface area contributed by atoms with E-state index in [0.29, 0.717) is 32.7 Å². The van der Waals surface area contributed by atoms with Gasteiger partial charge in [0.2, 0.25) is 0 Å². The van der Waals surface area contributed by atoms with Crippen LogP contribution in [0.5, 0.6) is 0 Å². The highest BCUT2D eigenvalue weighted by Gasteiger charge is 2.08. The molecule has 1 aromatic carbocycles. The molecule has 0 saturated heterocycles. The normalized spacial score (nSPS) is 10.6. The number of nitrogens with one attached hydrogen (secondary N) is 1. The standard InChI is InChI=1S/C11H7BrCl2FNO/c12-8-3-6(15)4-9(13)11(8)16-5-7-1-2-10(14)17-7/h1-4,16H,5H2. The van der Waals surface area contributed by atoms with Crippen molar-refractivity contribution >= 4 is 44.8 Å². The lowest BCUT2D eigenvalue weighted by molar-refractivity contribution is 0.520. The maximum absolute atomic E-state index is 13.0. The molecule has 0 bridgehead atoms. The Bertz CT molecular complexity index is 521. The van der Waals surface area contributed by atoms with Crippen molar-refractivity contribution in [2.45, 2.75) is 6.54 Å². The lowest BCUT2D eigenvalue weighted by Gasteiger charge is -2.09. The van der Waals surface area contributed by atoms with E-state index in [1.54, 1.807) is 12.1 Å². The highest BCUT2D eigenvalue weighted by atomic mass is 79.9. The molecule has 2 rings (SSSR count). The van der Waals surface area contributed by atoms with Crippen molar-refractivity contribution in [1.29, 1.82) is 0 Å². The molecule has 2 aromatic rings. The number of rotatable bonds is 3. The summed E-state index contributed by atoms with van der Waals surface area (Å²) in [5.74, 6) is 0.274. The van der Waals surface area contributed by atoms with Gasteiger partial charge < -0.3 is 9.73 Å². The molecular formula is C11H7BrCl2FNO. The monoisotopic (exact) mass is 337 g/mol. The van der Waals surface area contributed by atoms with Gasteiger partial charge >= 0.3 is 0 Å². The Morgan fingerprint density at radius 1 is 1.29 bits per heavy atom. The van der Waals surface area contributed by atoms with Crippen LogP contribution in [0.2, 0.25) is 10.2 Å². The minimum atomic E-state index is -0.395. The second kappa shape index (κ2) is 5.29. The quantitative estimate of drug-likeness (QED) is 0.842. The average Bonchev–Trinajstić information content (AvgIpc) is 2.62. The minimum Gasteiger partial charge on any atom is -0.448 e. The SMILES string of the molecule is Fc1cc(Cl)c(NCc2ccc(Cl)o2)c(Br)c1. The first-order valence-corrected chi connectivity index (χ1v) is 6.24. The van der Waals surface area contributed by atoms with Crippen LogP contribution in [0, 0.1) is 5.82 Å². The van der Waals surface area contributed by atoms with Gasteiger partial charge in [-0.3, -0.25) is 0 Å². The summed E-state index contributed by atoms with van der Waals surface area (Å²) in [6, 6.07) is 5.98. The van der Waals surface area contributed by atoms with Gasteiger partial charge in [0.1, 0.15) is 11.6 Å². The number of hydrogen-bond acceptors (Lipinski definition) is 2. The molecule has 0 fully saturated rings. The molecule has 6 heteroatoms. The number of halogens is 4. The van der Waals surface area contributed by atoms with Crippen LogP contribution in [0.1, 0.15) is 5.76 Å². The summed E-state index contributed by atoms with van der Waals surface area (Å²) in [4.78, 5) is 0. The third-order valence-corrected chi connectivity index (χ3v) is 3.20. The Hall–Kier alpha value is -0.710. The van der Waals surface area contributed by atoms with E-state index >= 15 is 0 Å². The molecule has 1 aromatic heterocycles. The highest BCUT2D eigenvalue weighted by molar-refractivity contribution is 9.10. The van der Waals surface area contributed by atoms with Crippen molar-refractivity contribution in [3.8, 4) is 0 Å². The summed E-state index contributed by atoms with van der Waals surface area (Å²) >= 11 is 14.8. The second-order valence-electron chi connectivity index (χ2n) is 3.30. The first-order valence-electron chi connectivity index (χ1n) is 4.69. The summed E-state index contributed by atoms with van der Waals surface area (Å²) in [5.41, 5.74) is 0.612. The Labute approximate surface area is 116 Å². The molecule has 0 aliphatic heterocycles. The van der Waals surface area contributed by atoms with Crippen molar-refractivity contribution in [3.05, 3.63) is 50.6 Å². The molecule has 2 nitrogen and oxygen atoms in total. The molecule has 0 saturated carbocycles. The summed E-state index contributed by atoms with van der Waals surface area (Å²) in [6.45, 7) is 0.413. The first kappa shape index (κ1) is 12.7. The zero-order chi connectivity index (χ0) is 12.4. The fourth-order valence-corrected chi connectivity index (χ4v) is 2.45. The highest BCUT2D eigenvalue weighted by Crippen LogP contribution is 2.32. The third kappa shape index (κ3) is 3.15. The largest absolute Gasteiger partial charge is 0.448 e. The molecule has 0 atom stereocenters. The predicted octanol–water partition coefficient (Wildman–Crippen LogP) is 5.10. The first-order chi connectivity index (χ1) is 8.06. The Morgan fingerprint density at radius 2 is 2.06 bits per heavy atom. The van der Waals surface area contributed by atoms with Crippen LogP contribution in [0.25, 0.3) is 0 Å². The topological polar surface area (TPSA) is 25.2 Å². The maximum atomic E-state index is 13.0. The van der Waals surface area contributed by atoms with Crippen LogP contribution in [-0.4, -0.2) is 0 Å². The van der Waals surface area contributed by atoms with Gasteiger partial charge in [-0.1, -0.05) is 11.6 Å². The van der Waals surface area contributed by atoms with E-state index < -0.39 is 5.82 Å². The summed E-state index contributed by atoms with van der Waals surface area (Å²) in [7, 11) is 0. The molecule has 1 heterocycles. The van der Waals surface area contributed by atoms with Crippen molar-refractivity contribution in [2.24, 2.45) is 0 Å². The van der Waals surface area contributed by atoms with Crippen molar-refractivity contribution in [1.82, 2.24) is 0 Å². The fourth-order valence-electron chi connectivity index (χ4n) is 1.33. The number of anilines is 1. The van der Waals surface area contributed by atoms with Crippen LogP contribution < -0.4 is 5.32 Å². The van der Waals surface area contributed by atoms with Gasteiger partial charge in [-0.15, -0.1) is 0 Å². The Morgan fingerprint density at radius 3 is 2.65 bits per heavy atom. The van der Waals surface area contributed by atoms with Crippen LogP contribution in [-0.2, 0) is 6.54 Å². The molecule has 0 radical (unpaired) electrons. The lowest BCUT2D eigenvalue weighted by Crippen LogP contribution is -2.00. The molecule has 0 spiro atoms. The average molecular weight is 339 g/mol. The lowest BCUT2D eigenvalue weighted by atomic mass is 10.3. The van der Waals surface area contributed by atoms with Gasteiger partial charge in [0.25, 0.3) is 0 Å². The zero-order valence-corrected chi connectivity index (χ0v) is 11.5. The van der Waals surface area contributed by atoms with E-state index in [1.807, 2.05) is 0 Å². The number of furan rings is 1. The van der Waals surface area contributed by atoms with Gasteiger partial charge in [-0.2, -0.15) is 0 Å². The number of hydrogen-bond donors (Lipinski definition) is 1. The molecule has 0 aliphatic carbocycles. The smallest absolute Gasteiger partial charge is 0.193 e. The van der Waals surface area contributed by atoms with E-state index in [-0.39, 0.29) is 0 Å². The van der Waals surface area contributed by atoms with Gasteiger partial charge in [0.05, 0.1) is 17.3 Å². The minimum absolute atomic E-state index is 0.300. The van der Waals surface area contributed by atoms with Crippen LogP contribution >= 0.6 is 39.1 Å². The van der Waals surface area contributed by atoms with Crippen LogP contribution in [0.4, 0.5) is 10.1 Å². The van der Waals surface area contributed by atoms with Gasteiger partial charge in [0, 0.05) is 4.47 Å². The summed E-state index contributed by atoms with van der Waals surface area (Å²) < 4.78 is 18.7. The second-order valence-corrected chi connectivity index (χ2v) is 4.94. The van der Waals surface area contributed by atoms with Crippen LogP contribution in [0.15, 0.2) is 33.2 Å². The van der Waals surface area contributed by atoms with E-state index in [9.17, 15) is 4.39 Å². The zero-order valence-electron chi connectivity index (χ0n) is 8.44. The molecule has 1 N–H and O–H groups in total. The Kier molecular flexibility index (Phi) is 3.97. The van der Waals surface area contributed by atoms with Crippen molar-refractivity contribution in [3.63, 3.8) is 0 Å². The predicted molar refractivity (Wildman–Crippen MR) is 70.2 cm³/mol. The van der Waals surface area contributed by atoms with E-state index in [0.717, 1.165) is 0 Å². The van der Waals surface area contributed by atoms with E-state index in [4.69, 9.17) is 27.6 Å². The maximum Gasteiger partial charge on any atom is 0.193 e. The molecule has 0 unspecified atom stereocenters. The van der Waals surface area contributed by atoms with Gasteiger partial charge in [0.15, 0.2) is 5.22 Å². The van der Waals surface area contributed by atoms with Crippen LogP contribution in [0.3, 0.4) is 0 Å². The van der Waals surface area contributed by atoms with E-state index in [2.05, 4.69) is 21.2 Å². The summed E-state index contributed by atoms with van der Waals surface area (Å²) in [5, 5.41) is 3.67. The molecule has 90 valence electrons. The van der Waals surface area contributed by atoms with Gasteiger partial charge in [-0.25, -0.2) is 4.39 Å². The van der Waals surface area contributed by atoms with Crippen molar-refractivity contribution < 1.29 is 8.81 Å². The Balaban J connectivity index is 2.14. The molecule has 0 amide bonds. The molecule has 0 aliphatic rings. The number of benzene rings is 1. The molecular weight excluding hydrogens is 332 g/mol. The van der Waals surface area contributed by atoms with Crippen molar-refractivity contribution in [2.75, 3.05) is 5.32 Å². The fraction of sp³-hybridized carbons (Fsp3) is 0.0909. The van der Waals surface area contributed by atoms with E-state index in [1.165, 1.54) is 12.1 Å². The third-order valence-electron chi connectivity index (χ3n) is 2.08. The summed E-state index contributed by atoms with van der Waals surface area (Å²) in [6.07, 6.45) is 0. The molecule has 17 heavy (non-hydrogen) atoms. The van der Waals surface area contributed by atoms with Gasteiger partial charge in [-0.05, 0) is 51.8 Å².